The second-order valence-corrected chi connectivity index (χ2v) is 5.92. The molecule has 0 saturated carbocycles. The molecule has 2 unspecified atom stereocenters. The molecule has 5 nitrogen and oxygen atoms in total. The van der Waals surface area contributed by atoms with Gasteiger partial charge in [-0.3, -0.25) is 4.79 Å². The molecule has 0 aliphatic rings. The number of carbonyl (C=O) groups excluding carboxylic acids is 1. The number of aliphatic carboxylic acids is 1. The van der Waals surface area contributed by atoms with Gasteiger partial charge in [0.15, 0.2) is 0 Å². The molecule has 1 aromatic rings. The number of carboxylic acid groups (broad SMARTS) is 1. The number of hydrogen-bond acceptors (Lipinski definition) is 3. The lowest BCUT2D eigenvalue weighted by Crippen LogP contribution is -2.45. The highest BCUT2D eigenvalue weighted by molar-refractivity contribution is 5.83. The number of nitrogens with one attached hydrogen (secondary N) is 1. The Bertz CT molecular complexity index is 542. The summed E-state index contributed by atoms with van der Waals surface area (Å²) in [4.78, 5) is 23.1. The number of rotatable bonds is 9. The number of aryl methyl sites for hydroxylation is 1. The van der Waals surface area contributed by atoms with Gasteiger partial charge in [0.1, 0.15) is 11.8 Å². The first-order valence-corrected chi connectivity index (χ1v) is 8.08. The molecular formula is C18H27NO4. The Balaban J connectivity index is 2.39. The standard InChI is InChI=1S/C18H27NO4/c1-5-12(2)17(18(21)22)19-16(20)10-7-11-23-15-9-6-8-13(3)14(15)4/h6,8-9,12,17H,5,7,10-11H2,1-4H3,(H,19,20)(H,21,22). The molecule has 0 radical (unpaired) electrons. The van der Waals surface area contributed by atoms with Crippen molar-refractivity contribution in [2.45, 2.75) is 53.0 Å². The summed E-state index contributed by atoms with van der Waals surface area (Å²) in [6.07, 6.45) is 1.50. The van der Waals surface area contributed by atoms with Gasteiger partial charge in [0.2, 0.25) is 5.91 Å². The zero-order valence-corrected chi connectivity index (χ0v) is 14.4. The van der Waals surface area contributed by atoms with Crippen LogP contribution in [0.15, 0.2) is 18.2 Å². The van der Waals surface area contributed by atoms with E-state index in [1.807, 2.05) is 45.9 Å². The van der Waals surface area contributed by atoms with E-state index in [0.29, 0.717) is 19.4 Å². The zero-order valence-electron chi connectivity index (χ0n) is 14.4. The Hall–Kier alpha value is -2.04. The van der Waals surface area contributed by atoms with Crippen LogP contribution in [0.3, 0.4) is 0 Å². The molecule has 0 saturated heterocycles. The average molecular weight is 321 g/mol. The van der Waals surface area contributed by atoms with Crippen molar-refractivity contribution in [1.29, 1.82) is 0 Å². The molecule has 0 aromatic heterocycles. The number of carbonyl (C=O) groups is 2. The highest BCUT2D eigenvalue weighted by atomic mass is 16.5. The van der Waals surface area contributed by atoms with Gasteiger partial charge in [-0.1, -0.05) is 32.4 Å². The number of benzene rings is 1. The topological polar surface area (TPSA) is 75.6 Å². The van der Waals surface area contributed by atoms with Crippen LogP contribution < -0.4 is 10.1 Å². The molecule has 1 amide bonds. The molecular weight excluding hydrogens is 294 g/mol. The summed E-state index contributed by atoms with van der Waals surface area (Å²) < 4.78 is 5.69. The first kappa shape index (κ1) is 19.0. The SMILES string of the molecule is CCC(C)C(NC(=O)CCCOc1cccc(C)c1C)C(=O)O. The van der Waals surface area contributed by atoms with Gasteiger partial charge in [-0.15, -0.1) is 0 Å². The van der Waals surface area contributed by atoms with Crippen LogP contribution in [0, 0.1) is 19.8 Å². The lowest BCUT2D eigenvalue weighted by Gasteiger charge is -2.20. The average Bonchev–Trinajstić information content (AvgIpc) is 2.52. The fourth-order valence-corrected chi connectivity index (χ4v) is 2.22. The smallest absolute Gasteiger partial charge is 0.326 e. The maximum atomic E-state index is 11.9. The van der Waals surface area contributed by atoms with E-state index < -0.39 is 12.0 Å². The lowest BCUT2D eigenvalue weighted by atomic mass is 9.99. The van der Waals surface area contributed by atoms with Crippen LogP contribution >= 0.6 is 0 Å². The summed E-state index contributed by atoms with van der Waals surface area (Å²) in [7, 11) is 0. The Morgan fingerprint density at radius 3 is 2.61 bits per heavy atom. The zero-order chi connectivity index (χ0) is 17.4. The van der Waals surface area contributed by atoms with Gasteiger partial charge in [-0.05, 0) is 43.4 Å². The van der Waals surface area contributed by atoms with Crippen molar-refractivity contribution in [3.63, 3.8) is 0 Å². The molecule has 128 valence electrons. The number of carboxylic acids is 1. The summed E-state index contributed by atoms with van der Waals surface area (Å²) in [5.41, 5.74) is 2.26. The van der Waals surface area contributed by atoms with Crippen molar-refractivity contribution in [3.8, 4) is 5.75 Å². The van der Waals surface area contributed by atoms with E-state index in [-0.39, 0.29) is 18.2 Å². The van der Waals surface area contributed by atoms with Crippen molar-refractivity contribution >= 4 is 11.9 Å². The van der Waals surface area contributed by atoms with Crippen LogP contribution in [0.4, 0.5) is 0 Å². The molecule has 0 heterocycles. The van der Waals surface area contributed by atoms with Gasteiger partial charge < -0.3 is 15.2 Å². The van der Waals surface area contributed by atoms with Crippen molar-refractivity contribution in [3.05, 3.63) is 29.3 Å². The number of amides is 1. The molecule has 0 fully saturated rings. The van der Waals surface area contributed by atoms with Crippen LogP contribution in [0.1, 0.15) is 44.2 Å². The Morgan fingerprint density at radius 1 is 1.30 bits per heavy atom. The lowest BCUT2D eigenvalue weighted by molar-refractivity contribution is -0.143. The van der Waals surface area contributed by atoms with Crippen LogP contribution in [-0.4, -0.2) is 29.6 Å². The van der Waals surface area contributed by atoms with E-state index in [4.69, 9.17) is 9.84 Å². The number of hydrogen-bond donors (Lipinski definition) is 2. The quantitative estimate of drug-likeness (QED) is 0.685. The third-order valence-corrected chi connectivity index (χ3v) is 4.16. The maximum Gasteiger partial charge on any atom is 0.326 e. The molecule has 0 spiro atoms. The number of ether oxygens (including phenoxy) is 1. The molecule has 0 aliphatic heterocycles. The molecule has 0 bridgehead atoms. The third kappa shape index (κ3) is 5.93. The van der Waals surface area contributed by atoms with E-state index in [1.165, 1.54) is 0 Å². The van der Waals surface area contributed by atoms with Crippen molar-refractivity contribution in [1.82, 2.24) is 5.32 Å². The van der Waals surface area contributed by atoms with E-state index in [9.17, 15) is 9.59 Å². The van der Waals surface area contributed by atoms with Gasteiger partial charge in [0, 0.05) is 6.42 Å². The second kappa shape index (κ2) is 9.18. The molecule has 2 N–H and O–H groups in total. The van der Waals surface area contributed by atoms with Gasteiger partial charge in [0.05, 0.1) is 6.61 Å². The summed E-state index contributed by atoms with van der Waals surface area (Å²) in [5.74, 6) is -0.502. The molecule has 1 aromatic carbocycles. The van der Waals surface area contributed by atoms with Gasteiger partial charge in [0.25, 0.3) is 0 Å². The molecule has 0 aliphatic carbocycles. The normalized spacial score (nSPS) is 13.2. The van der Waals surface area contributed by atoms with Crippen LogP contribution in [0.5, 0.6) is 5.75 Å². The fraction of sp³-hybridized carbons (Fsp3) is 0.556. The highest BCUT2D eigenvalue weighted by Gasteiger charge is 2.24. The van der Waals surface area contributed by atoms with E-state index in [2.05, 4.69) is 5.32 Å². The Labute approximate surface area is 138 Å². The maximum absolute atomic E-state index is 11.9. The summed E-state index contributed by atoms with van der Waals surface area (Å²) in [6.45, 7) is 8.18. The molecule has 1 rings (SSSR count). The van der Waals surface area contributed by atoms with E-state index in [1.54, 1.807) is 0 Å². The van der Waals surface area contributed by atoms with Crippen LogP contribution in [-0.2, 0) is 9.59 Å². The van der Waals surface area contributed by atoms with Crippen LogP contribution in [0.25, 0.3) is 0 Å². The first-order valence-electron chi connectivity index (χ1n) is 8.08. The minimum Gasteiger partial charge on any atom is -0.493 e. The first-order chi connectivity index (χ1) is 10.9. The monoisotopic (exact) mass is 321 g/mol. The minimum atomic E-state index is -0.987. The van der Waals surface area contributed by atoms with E-state index in [0.717, 1.165) is 16.9 Å². The second-order valence-electron chi connectivity index (χ2n) is 5.92. The summed E-state index contributed by atoms with van der Waals surface area (Å²) >= 11 is 0. The molecule has 5 heteroatoms. The van der Waals surface area contributed by atoms with Crippen molar-refractivity contribution in [2.24, 2.45) is 5.92 Å². The molecule has 23 heavy (non-hydrogen) atoms. The van der Waals surface area contributed by atoms with Crippen molar-refractivity contribution in [2.75, 3.05) is 6.61 Å². The molecule has 2 atom stereocenters. The minimum absolute atomic E-state index is 0.0948. The predicted molar refractivity (Wildman–Crippen MR) is 89.7 cm³/mol. The van der Waals surface area contributed by atoms with Gasteiger partial charge in [-0.2, -0.15) is 0 Å². The van der Waals surface area contributed by atoms with E-state index >= 15 is 0 Å². The third-order valence-electron chi connectivity index (χ3n) is 4.16. The van der Waals surface area contributed by atoms with Crippen molar-refractivity contribution < 1.29 is 19.4 Å². The predicted octanol–water partition coefficient (Wildman–Crippen LogP) is 3.08. The Kier molecular flexibility index (Phi) is 7.59. The highest BCUT2D eigenvalue weighted by Crippen LogP contribution is 2.20. The summed E-state index contributed by atoms with van der Waals surface area (Å²) in [6, 6.07) is 5.04. The summed E-state index contributed by atoms with van der Waals surface area (Å²) in [5, 5.41) is 11.8. The fourth-order valence-electron chi connectivity index (χ4n) is 2.22. The van der Waals surface area contributed by atoms with Gasteiger partial charge >= 0.3 is 5.97 Å². The Morgan fingerprint density at radius 2 is 2.00 bits per heavy atom. The largest absolute Gasteiger partial charge is 0.493 e. The van der Waals surface area contributed by atoms with Crippen LogP contribution in [0.2, 0.25) is 0 Å². The van der Waals surface area contributed by atoms with Gasteiger partial charge in [-0.25, -0.2) is 4.79 Å².